The highest BCUT2D eigenvalue weighted by atomic mass is 16.5. The molecule has 1 aliphatic rings. The third-order valence-electron chi connectivity index (χ3n) is 3.17. The van der Waals surface area contributed by atoms with Crippen LogP contribution in [0.25, 0.3) is 0 Å². The number of rotatable bonds is 3. The van der Waals surface area contributed by atoms with Gasteiger partial charge in [0, 0.05) is 13.2 Å². The van der Waals surface area contributed by atoms with Gasteiger partial charge in [0.25, 0.3) is 0 Å². The van der Waals surface area contributed by atoms with E-state index in [2.05, 4.69) is 4.99 Å². The van der Waals surface area contributed by atoms with Crippen molar-refractivity contribution in [2.24, 2.45) is 10.7 Å². The van der Waals surface area contributed by atoms with Crippen LogP contribution < -0.4 is 5.73 Å². The minimum atomic E-state index is -0.277. The fourth-order valence-corrected chi connectivity index (χ4v) is 2.26. The lowest BCUT2D eigenvalue weighted by atomic mass is 9.92. The number of nitrogens with two attached hydrogens (primary N) is 1. The van der Waals surface area contributed by atoms with Crippen LogP contribution >= 0.6 is 0 Å². The van der Waals surface area contributed by atoms with E-state index in [0.717, 1.165) is 12.8 Å². The van der Waals surface area contributed by atoms with Crippen molar-refractivity contribution in [2.75, 3.05) is 7.11 Å². The number of aliphatic imine (C=N–C) groups is 1. The van der Waals surface area contributed by atoms with Gasteiger partial charge in [-0.05, 0) is 26.7 Å². The standard InChI is InChI=1S/C12H24N2O/c1-10(2)14-11(13)12(15-3)8-6-4-5-7-9-12/h10H,4-9H2,1-3H3,(H2,13,14). The van der Waals surface area contributed by atoms with E-state index in [4.69, 9.17) is 10.5 Å². The monoisotopic (exact) mass is 212 g/mol. The molecule has 0 aromatic carbocycles. The van der Waals surface area contributed by atoms with Crippen molar-refractivity contribution in [3.63, 3.8) is 0 Å². The van der Waals surface area contributed by atoms with Crippen LogP contribution in [0.5, 0.6) is 0 Å². The van der Waals surface area contributed by atoms with Crippen molar-refractivity contribution in [1.82, 2.24) is 0 Å². The third-order valence-corrected chi connectivity index (χ3v) is 3.17. The van der Waals surface area contributed by atoms with Gasteiger partial charge in [0.2, 0.25) is 0 Å². The van der Waals surface area contributed by atoms with Gasteiger partial charge in [0.15, 0.2) is 0 Å². The number of ether oxygens (including phenoxy) is 1. The lowest BCUT2D eigenvalue weighted by Crippen LogP contribution is -2.45. The van der Waals surface area contributed by atoms with E-state index >= 15 is 0 Å². The molecule has 0 spiro atoms. The van der Waals surface area contributed by atoms with Gasteiger partial charge in [-0.2, -0.15) is 0 Å². The molecule has 0 amide bonds. The summed E-state index contributed by atoms with van der Waals surface area (Å²) in [5, 5.41) is 0. The van der Waals surface area contributed by atoms with Crippen LogP contribution in [0.2, 0.25) is 0 Å². The number of amidine groups is 1. The molecule has 0 aromatic heterocycles. The Morgan fingerprint density at radius 3 is 2.13 bits per heavy atom. The predicted octanol–water partition coefficient (Wildman–Crippen LogP) is 2.49. The van der Waals surface area contributed by atoms with Gasteiger partial charge in [0.05, 0.1) is 0 Å². The van der Waals surface area contributed by atoms with E-state index in [1.165, 1.54) is 25.7 Å². The first-order valence-electron chi connectivity index (χ1n) is 5.99. The number of hydrogen-bond donors (Lipinski definition) is 1. The number of methoxy groups -OCH3 is 1. The molecule has 0 aliphatic heterocycles. The van der Waals surface area contributed by atoms with Crippen LogP contribution in [0.15, 0.2) is 4.99 Å². The second kappa shape index (κ2) is 5.50. The zero-order chi connectivity index (χ0) is 11.3. The van der Waals surface area contributed by atoms with Crippen LogP contribution in [-0.2, 0) is 4.74 Å². The molecule has 3 nitrogen and oxygen atoms in total. The zero-order valence-electron chi connectivity index (χ0n) is 10.3. The Balaban J connectivity index is 2.81. The van der Waals surface area contributed by atoms with E-state index in [-0.39, 0.29) is 11.6 Å². The first kappa shape index (κ1) is 12.5. The average molecular weight is 212 g/mol. The van der Waals surface area contributed by atoms with Gasteiger partial charge >= 0.3 is 0 Å². The van der Waals surface area contributed by atoms with Crippen LogP contribution in [0, 0.1) is 0 Å². The molecule has 0 bridgehead atoms. The molecule has 2 N–H and O–H groups in total. The summed E-state index contributed by atoms with van der Waals surface area (Å²) in [6.07, 6.45) is 7.02. The summed E-state index contributed by atoms with van der Waals surface area (Å²) >= 11 is 0. The van der Waals surface area contributed by atoms with Gasteiger partial charge in [0.1, 0.15) is 11.4 Å². The summed E-state index contributed by atoms with van der Waals surface area (Å²) in [6, 6.07) is 0.250. The summed E-state index contributed by atoms with van der Waals surface area (Å²) < 4.78 is 5.67. The summed E-state index contributed by atoms with van der Waals surface area (Å²) in [4.78, 5) is 4.46. The molecule has 3 heteroatoms. The van der Waals surface area contributed by atoms with Crippen LogP contribution in [0.1, 0.15) is 52.4 Å². The Bertz CT molecular complexity index is 216. The Hall–Kier alpha value is -0.570. The van der Waals surface area contributed by atoms with Gasteiger partial charge in [-0.1, -0.05) is 25.7 Å². The Kier molecular flexibility index (Phi) is 4.58. The van der Waals surface area contributed by atoms with Crippen LogP contribution in [0.3, 0.4) is 0 Å². The first-order chi connectivity index (χ1) is 7.10. The molecular formula is C12H24N2O. The molecule has 0 aromatic rings. The van der Waals surface area contributed by atoms with Crippen molar-refractivity contribution in [3.05, 3.63) is 0 Å². The first-order valence-corrected chi connectivity index (χ1v) is 5.99. The van der Waals surface area contributed by atoms with E-state index in [0.29, 0.717) is 5.84 Å². The van der Waals surface area contributed by atoms with Gasteiger partial charge in [-0.15, -0.1) is 0 Å². The molecule has 0 heterocycles. The maximum atomic E-state index is 6.09. The molecular weight excluding hydrogens is 188 g/mol. The minimum Gasteiger partial charge on any atom is -0.385 e. The van der Waals surface area contributed by atoms with Crippen molar-refractivity contribution in [1.29, 1.82) is 0 Å². The van der Waals surface area contributed by atoms with Crippen LogP contribution in [-0.4, -0.2) is 24.6 Å². The second-order valence-electron chi connectivity index (χ2n) is 4.72. The summed E-state index contributed by atoms with van der Waals surface area (Å²) in [5.74, 6) is 0.696. The maximum absolute atomic E-state index is 6.09. The molecule has 0 atom stereocenters. The third kappa shape index (κ3) is 3.20. The van der Waals surface area contributed by atoms with Crippen molar-refractivity contribution >= 4 is 5.84 Å². The predicted molar refractivity (Wildman–Crippen MR) is 64.2 cm³/mol. The normalized spacial score (nSPS) is 22.8. The zero-order valence-corrected chi connectivity index (χ0v) is 10.3. The molecule has 0 radical (unpaired) electrons. The van der Waals surface area contributed by atoms with Crippen molar-refractivity contribution in [3.8, 4) is 0 Å². The van der Waals surface area contributed by atoms with E-state index in [1.54, 1.807) is 7.11 Å². The number of hydrogen-bond acceptors (Lipinski definition) is 2. The minimum absolute atomic E-state index is 0.250. The smallest absolute Gasteiger partial charge is 0.127 e. The summed E-state index contributed by atoms with van der Waals surface area (Å²) in [6.45, 7) is 4.10. The molecule has 15 heavy (non-hydrogen) atoms. The van der Waals surface area contributed by atoms with Gasteiger partial charge in [-0.25, -0.2) is 0 Å². The Labute approximate surface area is 93.1 Å². The molecule has 88 valence electrons. The molecule has 1 fully saturated rings. The average Bonchev–Trinajstić information content (AvgIpc) is 2.42. The maximum Gasteiger partial charge on any atom is 0.127 e. The highest BCUT2D eigenvalue weighted by Gasteiger charge is 2.34. The molecule has 1 rings (SSSR count). The fourth-order valence-electron chi connectivity index (χ4n) is 2.26. The highest BCUT2D eigenvalue weighted by Crippen LogP contribution is 2.30. The fraction of sp³-hybridized carbons (Fsp3) is 0.917. The van der Waals surface area contributed by atoms with E-state index < -0.39 is 0 Å². The lowest BCUT2D eigenvalue weighted by molar-refractivity contribution is 0.0358. The summed E-state index contributed by atoms with van der Waals surface area (Å²) in [7, 11) is 1.76. The van der Waals surface area contributed by atoms with Gasteiger partial charge in [-0.3, -0.25) is 4.99 Å². The summed E-state index contributed by atoms with van der Waals surface area (Å²) in [5.41, 5.74) is 5.81. The quantitative estimate of drug-likeness (QED) is 0.444. The molecule has 1 aliphatic carbocycles. The van der Waals surface area contributed by atoms with E-state index in [9.17, 15) is 0 Å². The van der Waals surface area contributed by atoms with Crippen molar-refractivity contribution < 1.29 is 4.74 Å². The SMILES string of the molecule is COC1(C(N)=NC(C)C)CCCCCC1. The largest absolute Gasteiger partial charge is 0.385 e. The van der Waals surface area contributed by atoms with E-state index in [1.807, 2.05) is 13.8 Å². The molecule has 0 saturated heterocycles. The van der Waals surface area contributed by atoms with Crippen molar-refractivity contribution in [2.45, 2.75) is 64.0 Å². The Morgan fingerprint density at radius 1 is 1.20 bits per heavy atom. The van der Waals surface area contributed by atoms with Crippen LogP contribution in [0.4, 0.5) is 0 Å². The lowest BCUT2D eigenvalue weighted by Gasteiger charge is -2.31. The second-order valence-corrected chi connectivity index (χ2v) is 4.72. The highest BCUT2D eigenvalue weighted by molar-refractivity contribution is 5.89. The Morgan fingerprint density at radius 2 is 1.73 bits per heavy atom. The number of nitrogens with zero attached hydrogens (tertiary/aromatic N) is 1. The topological polar surface area (TPSA) is 47.6 Å². The molecule has 1 saturated carbocycles. The molecule has 0 unspecified atom stereocenters. The van der Waals surface area contributed by atoms with Gasteiger partial charge < -0.3 is 10.5 Å².